The van der Waals surface area contributed by atoms with Gasteiger partial charge in [-0.25, -0.2) is 4.98 Å². The zero-order valence-electron chi connectivity index (χ0n) is 12.0. The van der Waals surface area contributed by atoms with Gasteiger partial charge in [0.2, 0.25) is 5.91 Å². The number of carbonyl (C=O) groups excluding carboxylic acids is 1. The summed E-state index contributed by atoms with van der Waals surface area (Å²) in [5.74, 6) is 0.0181. The van der Waals surface area contributed by atoms with Gasteiger partial charge in [0.05, 0.1) is 5.03 Å². The van der Waals surface area contributed by atoms with Gasteiger partial charge in [0.1, 0.15) is 5.25 Å². The summed E-state index contributed by atoms with van der Waals surface area (Å²) in [7, 11) is 0. The van der Waals surface area contributed by atoms with E-state index in [-0.39, 0.29) is 11.2 Å². The second-order valence-corrected chi connectivity index (χ2v) is 5.59. The number of carbonyl (C=O) groups is 1. The summed E-state index contributed by atoms with van der Waals surface area (Å²) in [6, 6.07) is 5.72. The molecule has 0 bridgehead atoms. The van der Waals surface area contributed by atoms with Gasteiger partial charge in [-0.15, -0.1) is 6.58 Å². The minimum absolute atomic E-state index is 0.0181. The van der Waals surface area contributed by atoms with Crippen molar-refractivity contribution in [2.24, 2.45) is 0 Å². The van der Waals surface area contributed by atoms with Crippen LogP contribution in [0.15, 0.2) is 42.1 Å². The summed E-state index contributed by atoms with van der Waals surface area (Å²) in [4.78, 5) is 16.4. The highest BCUT2D eigenvalue weighted by Crippen LogP contribution is 2.20. The van der Waals surface area contributed by atoms with Gasteiger partial charge in [0.15, 0.2) is 0 Å². The van der Waals surface area contributed by atoms with Crippen LogP contribution in [0.1, 0.15) is 19.8 Å². The van der Waals surface area contributed by atoms with E-state index in [2.05, 4.69) is 29.1 Å². The van der Waals surface area contributed by atoms with Gasteiger partial charge in [0.25, 0.3) is 0 Å². The van der Waals surface area contributed by atoms with Crippen LogP contribution in [0.3, 0.4) is 0 Å². The average molecular weight is 293 g/mol. The highest BCUT2D eigenvalue weighted by atomic mass is 32.2. The van der Waals surface area contributed by atoms with Crippen LogP contribution in [0, 0.1) is 0 Å². The zero-order valence-corrected chi connectivity index (χ0v) is 12.8. The molecule has 1 heterocycles. The van der Waals surface area contributed by atoms with Gasteiger partial charge in [-0.05, 0) is 25.1 Å². The minimum Gasteiger partial charge on any atom is -0.352 e. The van der Waals surface area contributed by atoms with E-state index in [1.54, 1.807) is 12.3 Å². The van der Waals surface area contributed by atoms with Crippen molar-refractivity contribution < 1.29 is 4.79 Å². The predicted molar refractivity (Wildman–Crippen MR) is 84.9 cm³/mol. The van der Waals surface area contributed by atoms with Crippen LogP contribution < -0.4 is 10.6 Å². The van der Waals surface area contributed by atoms with Gasteiger partial charge in [-0.2, -0.15) is 0 Å². The van der Waals surface area contributed by atoms with Crippen LogP contribution in [-0.2, 0) is 4.79 Å². The number of rotatable bonds is 10. The maximum atomic E-state index is 12.1. The number of amides is 1. The van der Waals surface area contributed by atoms with Crippen LogP contribution in [0.2, 0.25) is 0 Å². The Morgan fingerprint density at radius 1 is 1.55 bits per heavy atom. The summed E-state index contributed by atoms with van der Waals surface area (Å²) < 4.78 is 0. The first kappa shape index (κ1) is 16.7. The molecule has 20 heavy (non-hydrogen) atoms. The van der Waals surface area contributed by atoms with Crippen LogP contribution >= 0.6 is 11.8 Å². The first-order valence-electron chi connectivity index (χ1n) is 6.95. The number of thioether (sulfide) groups is 1. The Hall–Kier alpha value is -1.33. The van der Waals surface area contributed by atoms with Crippen LogP contribution in [0.5, 0.6) is 0 Å². The number of hydrogen-bond donors (Lipinski definition) is 2. The molecule has 110 valence electrons. The normalized spacial score (nSPS) is 11.8. The quantitative estimate of drug-likeness (QED) is 0.395. The van der Waals surface area contributed by atoms with E-state index in [0.29, 0.717) is 13.1 Å². The molecule has 1 unspecified atom stereocenters. The predicted octanol–water partition coefficient (Wildman–Crippen LogP) is 2.23. The molecular formula is C15H23N3OS. The summed E-state index contributed by atoms with van der Waals surface area (Å²) in [5.41, 5.74) is 0. The summed E-state index contributed by atoms with van der Waals surface area (Å²) in [6.45, 7) is 7.84. The molecule has 0 fully saturated rings. The molecule has 1 amide bonds. The second kappa shape index (κ2) is 10.5. The largest absolute Gasteiger partial charge is 0.352 e. The Bertz CT molecular complexity index is 397. The van der Waals surface area contributed by atoms with E-state index in [4.69, 9.17) is 0 Å². The second-order valence-electron chi connectivity index (χ2n) is 4.37. The van der Waals surface area contributed by atoms with Crippen molar-refractivity contribution in [1.82, 2.24) is 15.6 Å². The molecule has 0 saturated heterocycles. The topological polar surface area (TPSA) is 54.0 Å². The summed E-state index contributed by atoms with van der Waals surface area (Å²) >= 11 is 1.49. The van der Waals surface area contributed by atoms with Crippen molar-refractivity contribution in [2.45, 2.75) is 30.0 Å². The molecule has 0 aliphatic heterocycles. The number of aromatic nitrogens is 1. The minimum atomic E-state index is -0.179. The number of nitrogens with zero attached hydrogens (tertiary/aromatic N) is 1. The highest BCUT2D eigenvalue weighted by Gasteiger charge is 2.19. The number of nitrogens with one attached hydrogen (secondary N) is 2. The van der Waals surface area contributed by atoms with Crippen molar-refractivity contribution in [3.8, 4) is 0 Å². The smallest absolute Gasteiger partial charge is 0.235 e. The van der Waals surface area contributed by atoms with Crippen molar-refractivity contribution in [3.05, 3.63) is 37.1 Å². The SMILES string of the molecule is C=CCNC(=O)C(CNCCCC)Sc1ccccn1. The monoisotopic (exact) mass is 293 g/mol. The lowest BCUT2D eigenvalue weighted by Gasteiger charge is -2.16. The molecular weight excluding hydrogens is 270 g/mol. The van der Waals surface area contributed by atoms with E-state index < -0.39 is 0 Å². The van der Waals surface area contributed by atoms with Crippen molar-refractivity contribution in [2.75, 3.05) is 19.6 Å². The Labute approximate surface area is 125 Å². The summed E-state index contributed by atoms with van der Waals surface area (Å²) in [5, 5.41) is 6.86. The molecule has 0 saturated carbocycles. The molecule has 0 aliphatic carbocycles. The molecule has 0 radical (unpaired) electrons. The van der Waals surface area contributed by atoms with E-state index in [1.165, 1.54) is 11.8 Å². The van der Waals surface area contributed by atoms with Gasteiger partial charge >= 0.3 is 0 Å². The Balaban J connectivity index is 2.53. The zero-order chi connectivity index (χ0) is 14.6. The number of hydrogen-bond acceptors (Lipinski definition) is 4. The van der Waals surface area contributed by atoms with E-state index in [0.717, 1.165) is 24.4 Å². The van der Waals surface area contributed by atoms with E-state index in [9.17, 15) is 4.79 Å². The lowest BCUT2D eigenvalue weighted by molar-refractivity contribution is -0.120. The Kier molecular flexibility index (Phi) is 8.74. The maximum Gasteiger partial charge on any atom is 0.235 e. The van der Waals surface area contributed by atoms with Crippen molar-refractivity contribution >= 4 is 17.7 Å². The molecule has 1 aromatic rings. The van der Waals surface area contributed by atoms with Gasteiger partial charge in [-0.1, -0.05) is 37.2 Å². The third-order valence-electron chi connectivity index (χ3n) is 2.65. The first-order valence-corrected chi connectivity index (χ1v) is 7.83. The molecule has 1 aromatic heterocycles. The average Bonchev–Trinajstić information content (AvgIpc) is 2.49. The fourth-order valence-electron chi connectivity index (χ4n) is 1.57. The third kappa shape index (κ3) is 6.73. The summed E-state index contributed by atoms with van der Waals surface area (Å²) in [6.07, 6.45) is 5.69. The van der Waals surface area contributed by atoms with Crippen LogP contribution in [0.25, 0.3) is 0 Å². The van der Waals surface area contributed by atoms with Gasteiger partial charge < -0.3 is 10.6 Å². The molecule has 1 rings (SSSR count). The number of pyridine rings is 1. The molecule has 5 heteroatoms. The lowest BCUT2D eigenvalue weighted by atomic mass is 10.3. The molecule has 0 aliphatic rings. The highest BCUT2D eigenvalue weighted by molar-refractivity contribution is 8.00. The van der Waals surface area contributed by atoms with E-state index >= 15 is 0 Å². The fraction of sp³-hybridized carbons (Fsp3) is 0.467. The first-order chi connectivity index (χ1) is 9.77. The number of unbranched alkanes of at least 4 members (excludes halogenated alkanes) is 1. The molecule has 2 N–H and O–H groups in total. The van der Waals surface area contributed by atoms with Crippen LogP contribution in [-0.4, -0.2) is 35.8 Å². The molecule has 4 nitrogen and oxygen atoms in total. The third-order valence-corrected chi connectivity index (χ3v) is 3.80. The Morgan fingerprint density at radius 3 is 3.05 bits per heavy atom. The Morgan fingerprint density at radius 2 is 2.40 bits per heavy atom. The van der Waals surface area contributed by atoms with E-state index in [1.807, 2.05) is 18.2 Å². The standard InChI is InChI=1S/C15H23N3OS/c1-3-5-10-16-12-13(15(19)18-9-4-2)20-14-8-6-7-11-17-14/h4,6-8,11,13,16H,2-3,5,9-10,12H2,1H3,(H,18,19). The molecule has 0 aromatic carbocycles. The van der Waals surface area contributed by atoms with Gasteiger partial charge in [-0.3, -0.25) is 4.79 Å². The molecule has 0 spiro atoms. The fourth-order valence-corrected chi connectivity index (χ4v) is 2.53. The molecule has 1 atom stereocenters. The lowest BCUT2D eigenvalue weighted by Crippen LogP contribution is -2.39. The maximum absolute atomic E-state index is 12.1. The van der Waals surface area contributed by atoms with Crippen LogP contribution in [0.4, 0.5) is 0 Å². The van der Waals surface area contributed by atoms with Crippen molar-refractivity contribution in [1.29, 1.82) is 0 Å². The van der Waals surface area contributed by atoms with Crippen molar-refractivity contribution in [3.63, 3.8) is 0 Å². The van der Waals surface area contributed by atoms with Gasteiger partial charge in [0, 0.05) is 19.3 Å².